The quantitative estimate of drug-likeness (QED) is 0.467. The van der Waals surface area contributed by atoms with Crippen LogP contribution in [0.2, 0.25) is 10.0 Å². The SMILES string of the molecule is CNC(=O)[C@@H]1CN([C@@H](C)c2ccc(C(F)F)nc2)C(=O)c2c3c(nn21)C[C@@H](C)N(C(=O)c1ccc(Cl)c(Cl)c1)C3. The number of hydrogen-bond acceptors (Lipinski definition) is 5. The molecule has 0 fully saturated rings. The molecule has 2 aliphatic heterocycles. The van der Waals surface area contributed by atoms with Crippen molar-refractivity contribution in [3.63, 3.8) is 0 Å². The van der Waals surface area contributed by atoms with Gasteiger partial charge in [-0.15, -0.1) is 0 Å². The van der Waals surface area contributed by atoms with Gasteiger partial charge in [0, 0.05) is 36.8 Å². The molecule has 0 aliphatic carbocycles. The van der Waals surface area contributed by atoms with E-state index in [9.17, 15) is 23.2 Å². The van der Waals surface area contributed by atoms with Crippen molar-refractivity contribution in [1.82, 2.24) is 29.9 Å². The third-order valence-electron chi connectivity index (χ3n) is 7.53. The average Bonchev–Trinajstić information content (AvgIpc) is 3.31. The number of hydrogen-bond donors (Lipinski definition) is 1. The number of carbonyl (C=O) groups is 3. The van der Waals surface area contributed by atoms with Gasteiger partial charge in [-0.25, -0.2) is 13.5 Å². The van der Waals surface area contributed by atoms with Crippen LogP contribution >= 0.6 is 23.2 Å². The zero-order valence-corrected chi connectivity index (χ0v) is 23.4. The van der Waals surface area contributed by atoms with Crippen LogP contribution in [0.15, 0.2) is 36.5 Å². The fourth-order valence-electron chi connectivity index (χ4n) is 5.23. The summed E-state index contributed by atoms with van der Waals surface area (Å²) in [6.45, 7) is 3.76. The summed E-state index contributed by atoms with van der Waals surface area (Å²) in [7, 11) is 1.50. The van der Waals surface area contributed by atoms with Gasteiger partial charge >= 0.3 is 0 Å². The molecule has 0 bridgehead atoms. The number of carbonyl (C=O) groups excluding carboxylic acids is 3. The van der Waals surface area contributed by atoms with Gasteiger partial charge in [-0.05, 0) is 43.7 Å². The fraction of sp³-hybridized carbons (Fsp3) is 0.370. The summed E-state index contributed by atoms with van der Waals surface area (Å²) in [5.41, 5.74) is 1.96. The molecule has 0 spiro atoms. The van der Waals surface area contributed by atoms with E-state index in [1.807, 2.05) is 6.92 Å². The molecule has 3 amide bonds. The third-order valence-corrected chi connectivity index (χ3v) is 8.27. The number of fused-ring (bicyclic) bond motifs is 3. The van der Waals surface area contributed by atoms with Crippen molar-refractivity contribution >= 4 is 40.9 Å². The molecule has 3 atom stereocenters. The highest BCUT2D eigenvalue weighted by Crippen LogP contribution is 2.36. The number of nitrogens with one attached hydrogen (secondary N) is 1. The van der Waals surface area contributed by atoms with Gasteiger partial charge in [0.15, 0.2) is 0 Å². The van der Waals surface area contributed by atoms with Crippen molar-refractivity contribution < 1.29 is 23.2 Å². The maximum atomic E-state index is 14.0. The van der Waals surface area contributed by atoms with Crippen LogP contribution in [0.5, 0.6) is 0 Å². The van der Waals surface area contributed by atoms with Gasteiger partial charge in [0.25, 0.3) is 18.2 Å². The lowest BCUT2D eigenvalue weighted by molar-refractivity contribution is -0.125. The Morgan fingerprint density at radius 2 is 1.90 bits per heavy atom. The number of rotatable bonds is 5. The van der Waals surface area contributed by atoms with E-state index in [1.54, 1.807) is 24.0 Å². The summed E-state index contributed by atoms with van der Waals surface area (Å²) in [5.74, 6) is -0.997. The molecule has 0 unspecified atom stereocenters. The number of likely N-dealkylation sites (N-methyl/N-ethyl adjacent to an activating group) is 1. The molecule has 0 saturated carbocycles. The molecule has 2 aromatic heterocycles. The van der Waals surface area contributed by atoms with E-state index < -0.39 is 18.5 Å². The lowest BCUT2D eigenvalue weighted by atomic mass is 9.96. The molecule has 9 nitrogen and oxygen atoms in total. The first kappa shape index (κ1) is 28.0. The Morgan fingerprint density at radius 3 is 2.52 bits per heavy atom. The predicted molar refractivity (Wildman–Crippen MR) is 143 cm³/mol. The van der Waals surface area contributed by atoms with Gasteiger partial charge in [0.2, 0.25) is 5.91 Å². The van der Waals surface area contributed by atoms with Gasteiger partial charge in [-0.2, -0.15) is 5.10 Å². The van der Waals surface area contributed by atoms with Gasteiger partial charge in [-0.3, -0.25) is 19.4 Å². The van der Waals surface area contributed by atoms with Crippen molar-refractivity contribution in [3.05, 3.63) is 80.3 Å². The van der Waals surface area contributed by atoms with Crippen LogP contribution in [0.4, 0.5) is 8.78 Å². The van der Waals surface area contributed by atoms with Crippen LogP contribution in [0.1, 0.15) is 75.7 Å². The summed E-state index contributed by atoms with van der Waals surface area (Å²) < 4.78 is 27.5. The topological polar surface area (TPSA) is 100 Å². The van der Waals surface area contributed by atoms with Crippen LogP contribution in [-0.4, -0.2) is 61.9 Å². The van der Waals surface area contributed by atoms with E-state index in [1.165, 1.54) is 41.0 Å². The second-order valence-electron chi connectivity index (χ2n) is 9.91. The Morgan fingerprint density at radius 1 is 1.15 bits per heavy atom. The zero-order valence-electron chi connectivity index (χ0n) is 21.9. The summed E-state index contributed by atoms with van der Waals surface area (Å²) >= 11 is 12.2. The highest BCUT2D eigenvalue weighted by atomic mass is 35.5. The summed E-state index contributed by atoms with van der Waals surface area (Å²) in [6, 6.07) is 5.74. The normalized spacial score (nSPS) is 19.4. The fourth-order valence-corrected chi connectivity index (χ4v) is 5.53. The van der Waals surface area contributed by atoms with Gasteiger partial charge in [-0.1, -0.05) is 29.3 Å². The first-order valence-corrected chi connectivity index (χ1v) is 13.4. The Hall–Kier alpha value is -3.57. The molecule has 2 aliphatic rings. The standard InChI is InChI=1S/C27H26Cl2F2N6O3/c1-13-8-21-17(11-35(13)26(39)15-4-6-18(28)19(29)9-15)23-27(40)36(12-22(25(38)32-3)37(23)34-21)14(2)16-5-7-20(24(30)31)33-10-16/h4-7,9-10,13-14,22,24H,8,11-12H2,1-3H3,(H,32,38)/t13-,14+,22+/m1/s1. The lowest BCUT2D eigenvalue weighted by Crippen LogP contribution is -2.49. The Balaban J connectivity index is 1.52. The molecule has 1 aromatic carbocycles. The highest BCUT2D eigenvalue weighted by Gasteiger charge is 2.43. The van der Waals surface area contributed by atoms with E-state index in [4.69, 9.17) is 23.2 Å². The van der Waals surface area contributed by atoms with Gasteiger partial charge in [0.1, 0.15) is 17.4 Å². The number of nitrogens with zero attached hydrogens (tertiary/aromatic N) is 5. The molecule has 5 rings (SSSR count). The Bertz CT molecular complexity index is 1500. The molecule has 4 heterocycles. The van der Waals surface area contributed by atoms with Crippen molar-refractivity contribution in [2.75, 3.05) is 13.6 Å². The minimum absolute atomic E-state index is 0.0192. The monoisotopic (exact) mass is 590 g/mol. The number of benzene rings is 1. The molecule has 1 N–H and O–H groups in total. The van der Waals surface area contributed by atoms with Gasteiger partial charge < -0.3 is 15.1 Å². The molecule has 40 heavy (non-hydrogen) atoms. The minimum atomic E-state index is -2.71. The van der Waals surface area contributed by atoms with E-state index in [2.05, 4.69) is 15.4 Å². The maximum absolute atomic E-state index is 14.0. The van der Waals surface area contributed by atoms with Crippen molar-refractivity contribution in [1.29, 1.82) is 0 Å². The predicted octanol–water partition coefficient (Wildman–Crippen LogP) is 4.61. The molecule has 13 heteroatoms. The van der Waals surface area contributed by atoms with Crippen molar-refractivity contribution in [3.8, 4) is 0 Å². The number of pyridine rings is 1. The highest BCUT2D eigenvalue weighted by molar-refractivity contribution is 6.42. The molecule has 0 saturated heterocycles. The van der Waals surface area contributed by atoms with Crippen molar-refractivity contribution in [2.45, 2.75) is 51.4 Å². The van der Waals surface area contributed by atoms with E-state index in [0.717, 1.165) is 0 Å². The lowest BCUT2D eigenvalue weighted by Gasteiger charge is -2.38. The minimum Gasteiger partial charge on any atom is -0.357 e. The van der Waals surface area contributed by atoms with Gasteiger partial charge in [0.05, 0.1) is 34.9 Å². The summed E-state index contributed by atoms with van der Waals surface area (Å²) in [4.78, 5) is 47.4. The molecule has 210 valence electrons. The molecule has 0 radical (unpaired) electrons. The zero-order chi connectivity index (χ0) is 28.9. The number of aromatic nitrogens is 3. The average molecular weight is 591 g/mol. The first-order valence-electron chi connectivity index (χ1n) is 12.6. The summed E-state index contributed by atoms with van der Waals surface area (Å²) in [5, 5.41) is 7.89. The largest absolute Gasteiger partial charge is 0.357 e. The molecular weight excluding hydrogens is 565 g/mol. The van der Waals surface area contributed by atoms with Crippen molar-refractivity contribution in [2.24, 2.45) is 0 Å². The number of alkyl halides is 2. The number of halogens is 4. The van der Waals surface area contributed by atoms with E-state index >= 15 is 0 Å². The van der Waals surface area contributed by atoms with Crippen LogP contribution in [0, 0.1) is 0 Å². The number of amides is 3. The first-order chi connectivity index (χ1) is 19.0. The molecule has 3 aromatic rings. The van der Waals surface area contributed by atoms with E-state index in [0.29, 0.717) is 33.8 Å². The maximum Gasteiger partial charge on any atom is 0.280 e. The van der Waals surface area contributed by atoms with Crippen LogP contribution in [0.3, 0.4) is 0 Å². The smallest absolute Gasteiger partial charge is 0.280 e. The Labute approximate surface area is 239 Å². The Kier molecular flexibility index (Phi) is 7.54. The van der Waals surface area contributed by atoms with E-state index in [-0.39, 0.29) is 53.3 Å². The second kappa shape index (κ2) is 10.8. The summed E-state index contributed by atoms with van der Waals surface area (Å²) in [6.07, 6.45) is -1.02. The second-order valence-corrected chi connectivity index (χ2v) is 10.7. The van der Waals surface area contributed by atoms with Crippen LogP contribution in [-0.2, 0) is 17.8 Å². The van der Waals surface area contributed by atoms with Crippen LogP contribution < -0.4 is 5.32 Å². The van der Waals surface area contributed by atoms with Crippen LogP contribution in [0.25, 0.3) is 0 Å². The molecular formula is C27H26Cl2F2N6O3. The third kappa shape index (κ3) is 4.81.